The summed E-state index contributed by atoms with van der Waals surface area (Å²) < 4.78 is 5.97. The number of carbonyl (C=O) groups excluding carboxylic acids is 1. The molecule has 0 radical (unpaired) electrons. The van der Waals surface area contributed by atoms with Crippen LogP contribution in [0, 0.1) is 0 Å². The lowest BCUT2D eigenvalue weighted by atomic mass is 9.97. The van der Waals surface area contributed by atoms with Crippen LogP contribution in [0.2, 0.25) is 13.1 Å². The molecule has 0 amide bonds. The predicted molar refractivity (Wildman–Crippen MR) is 59.6 cm³/mol. The first-order valence-electron chi connectivity index (χ1n) is 4.79. The van der Waals surface area contributed by atoms with E-state index >= 15 is 0 Å². The Hall–Kier alpha value is 0.327. The number of halogens is 1. The van der Waals surface area contributed by atoms with Gasteiger partial charge in [0.25, 0.3) is 0 Å². The molecule has 0 unspecified atom stereocenters. The van der Waals surface area contributed by atoms with Crippen LogP contribution in [-0.4, -0.2) is 25.2 Å². The Balaban J connectivity index is 2.40. The number of rotatable bonds is 3. The maximum Gasteiger partial charge on any atom is 0.197 e. The summed E-state index contributed by atoms with van der Waals surface area (Å²) in [5.41, 5.74) is 0. The van der Waals surface area contributed by atoms with Crippen molar-refractivity contribution in [1.29, 1.82) is 0 Å². The molecule has 0 heterocycles. The Kier molecular flexibility index (Phi) is 4.13. The molecule has 0 saturated heterocycles. The number of hydrogen-bond donors (Lipinski definition) is 0. The monoisotopic (exact) mass is 264 g/mol. The quantitative estimate of drug-likeness (QED) is 0.579. The molecule has 0 aliphatic heterocycles. The lowest BCUT2D eigenvalue weighted by Gasteiger charge is -2.29. The minimum absolute atomic E-state index is 0.209. The van der Waals surface area contributed by atoms with E-state index < -0.39 is 8.32 Å². The van der Waals surface area contributed by atoms with Gasteiger partial charge in [-0.15, -0.1) is 0 Å². The van der Waals surface area contributed by atoms with Gasteiger partial charge in [0.05, 0.1) is 6.10 Å². The van der Waals surface area contributed by atoms with Crippen LogP contribution in [0.5, 0.6) is 0 Å². The first-order chi connectivity index (χ1) is 6.03. The summed E-state index contributed by atoms with van der Waals surface area (Å²) in [6.45, 7) is 4.36. The lowest BCUT2D eigenvalue weighted by molar-refractivity contribution is -0.122. The molecule has 0 aromatic carbocycles. The number of carbonyl (C=O) groups is 1. The molecule has 0 aromatic rings. The molecule has 1 rings (SSSR count). The third kappa shape index (κ3) is 3.91. The normalized spacial score (nSPS) is 24.8. The van der Waals surface area contributed by atoms with Crippen LogP contribution in [0.25, 0.3) is 0 Å². The Morgan fingerprint density at radius 3 is 2.85 bits per heavy atom. The van der Waals surface area contributed by atoms with E-state index in [1.165, 1.54) is 0 Å². The Labute approximate surface area is 89.3 Å². The fraction of sp³-hybridized carbons (Fsp3) is 0.889. The second kappa shape index (κ2) is 4.71. The highest BCUT2D eigenvalue weighted by Crippen LogP contribution is 2.22. The highest BCUT2D eigenvalue weighted by molar-refractivity contribution is 9.09. The molecular formula is C9H17BrO2Si. The molecule has 0 bridgehead atoms. The van der Waals surface area contributed by atoms with Crippen LogP contribution in [0.3, 0.4) is 0 Å². The molecule has 2 nitrogen and oxygen atoms in total. The van der Waals surface area contributed by atoms with Gasteiger partial charge in [-0.25, -0.2) is 0 Å². The van der Waals surface area contributed by atoms with Crippen LogP contribution in [0.1, 0.15) is 25.7 Å². The Morgan fingerprint density at radius 2 is 2.31 bits per heavy atom. The van der Waals surface area contributed by atoms with Crippen LogP contribution in [0.4, 0.5) is 0 Å². The van der Waals surface area contributed by atoms with Gasteiger partial charge in [0.2, 0.25) is 0 Å². The van der Waals surface area contributed by atoms with Gasteiger partial charge in [0, 0.05) is 17.8 Å². The third-order valence-corrected chi connectivity index (χ3v) is 7.91. The molecule has 1 saturated carbocycles. The van der Waals surface area contributed by atoms with Crippen LogP contribution in [-0.2, 0) is 9.22 Å². The van der Waals surface area contributed by atoms with Gasteiger partial charge in [-0.2, -0.15) is 0 Å². The van der Waals surface area contributed by atoms with Crippen molar-refractivity contribution in [2.75, 3.05) is 4.95 Å². The van der Waals surface area contributed by atoms with E-state index in [2.05, 4.69) is 29.0 Å². The highest BCUT2D eigenvalue weighted by atomic mass is 79.9. The summed E-state index contributed by atoms with van der Waals surface area (Å²) in [5.74, 6) is 0.371. The largest absolute Gasteiger partial charge is 0.413 e. The zero-order valence-electron chi connectivity index (χ0n) is 8.31. The molecule has 1 aliphatic rings. The summed E-state index contributed by atoms with van der Waals surface area (Å²) in [6, 6.07) is 0. The number of Topliss-reactive ketones (excluding diaryl/α,β-unsaturated/α-hetero) is 1. The van der Waals surface area contributed by atoms with Gasteiger partial charge in [-0.05, 0) is 25.9 Å². The molecule has 1 aliphatic carbocycles. The van der Waals surface area contributed by atoms with Crippen LogP contribution < -0.4 is 0 Å². The predicted octanol–water partition coefficient (Wildman–Crippen LogP) is 2.65. The molecule has 0 aromatic heterocycles. The van der Waals surface area contributed by atoms with Gasteiger partial charge in [0.15, 0.2) is 8.32 Å². The smallest absolute Gasteiger partial charge is 0.197 e. The van der Waals surface area contributed by atoms with E-state index in [4.69, 9.17) is 4.43 Å². The van der Waals surface area contributed by atoms with E-state index in [1.54, 1.807) is 0 Å². The second-order valence-corrected chi connectivity index (χ2v) is 9.97. The van der Waals surface area contributed by atoms with Crippen molar-refractivity contribution in [2.45, 2.75) is 44.9 Å². The number of alkyl halides is 1. The van der Waals surface area contributed by atoms with Crippen molar-refractivity contribution in [3.05, 3.63) is 0 Å². The average Bonchev–Trinajstić information content (AvgIpc) is 2.03. The Bertz CT molecular complexity index is 194. The molecule has 0 spiro atoms. The summed E-state index contributed by atoms with van der Waals surface area (Å²) in [5, 5.41) is 0. The minimum atomic E-state index is -1.53. The fourth-order valence-electron chi connectivity index (χ4n) is 1.57. The molecule has 4 heteroatoms. The highest BCUT2D eigenvalue weighted by Gasteiger charge is 2.28. The molecule has 76 valence electrons. The minimum Gasteiger partial charge on any atom is -0.413 e. The van der Waals surface area contributed by atoms with Gasteiger partial charge < -0.3 is 4.43 Å². The lowest BCUT2D eigenvalue weighted by Crippen LogP contribution is -2.39. The second-order valence-electron chi connectivity index (χ2n) is 4.27. The third-order valence-electron chi connectivity index (χ3n) is 2.24. The van der Waals surface area contributed by atoms with Gasteiger partial charge in [-0.3, -0.25) is 4.79 Å². The van der Waals surface area contributed by atoms with Crippen molar-refractivity contribution in [1.82, 2.24) is 0 Å². The zero-order chi connectivity index (χ0) is 9.90. The van der Waals surface area contributed by atoms with Gasteiger partial charge >= 0.3 is 0 Å². The molecular weight excluding hydrogens is 248 g/mol. The van der Waals surface area contributed by atoms with Crippen molar-refractivity contribution in [2.24, 2.45) is 0 Å². The van der Waals surface area contributed by atoms with Crippen molar-refractivity contribution >= 4 is 30.0 Å². The first-order valence-corrected chi connectivity index (χ1v) is 9.03. The van der Waals surface area contributed by atoms with Crippen molar-refractivity contribution in [3.8, 4) is 0 Å². The summed E-state index contributed by atoms with van der Waals surface area (Å²) in [7, 11) is -1.53. The molecule has 0 N–H and O–H groups in total. The Morgan fingerprint density at radius 1 is 1.62 bits per heavy atom. The van der Waals surface area contributed by atoms with E-state index in [9.17, 15) is 4.79 Å². The maximum absolute atomic E-state index is 11.2. The SMILES string of the molecule is C[Si](C)(CBr)O[C@H]1CCCC(=O)C1. The first kappa shape index (κ1) is 11.4. The van der Waals surface area contributed by atoms with Gasteiger partial charge in [0.1, 0.15) is 5.78 Å². The van der Waals surface area contributed by atoms with Crippen molar-refractivity contribution in [3.63, 3.8) is 0 Å². The zero-order valence-corrected chi connectivity index (χ0v) is 10.9. The summed E-state index contributed by atoms with van der Waals surface area (Å²) in [6.07, 6.45) is 3.69. The van der Waals surface area contributed by atoms with E-state index in [1.807, 2.05) is 0 Å². The van der Waals surface area contributed by atoms with Crippen LogP contribution >= 0.6 is 15.9 Å². The number of ketones is 1. The maximum atomic E-state index is 11.2. The summed E-state index contributed by atoms with van der Waals surface area (Å²) in [4.78, 5) is 12.1. The van der Waals surface area contributed by atoms with E-state index in [0.29, 0.717) is 12.2 Å². The topological polar surface area (TPSA) is 26.3 Å². The van der Waals surface area contributed by atoms with Crippen LogP contribution in [0.15, 0.2) is 0 Å². The molecule has 1 atom stereocenters. The fourth-order valence-corrected chi connectivity index (χ4v) is 3.13. The molecule has 13 heavy (non-hydrogen) atoms. The summed E-state index contributed by atoms with van der Waals surface area (Å²) >= 11 is 3.46. The average molecular weight is 265 g/mol. The molecule has 1 fully saturated rings. The van der Waals surface area contributed by atoms with E-state index in [0.717, 1.165) is 24.2 Å². The van der Waals surface area contributed by atoms with Gasteiger partial charge in [-0.1, -0.05) is 15.9 Å². The van der Waals surface area contributed by atoms with Crippen molar-refractivity contribution < 1.29 is 9.22 Å². The number of hydrogen-bond acceptors (Lipinski definition) is 2. The van der Waals surface area contributed by atoms with E-state index in [-0.39, 0.29) is 6.10 Å². The standard InChI is InChI=1S/C9H17BrO2Si/c1-13(2,7-10)12-9-5-3-4-8(11)6-9/h9H,3-7H2,1-2H3/t9-/m0/s1.